The Morgan fingerprint density at radius 3 is 0.855 bits per heavy atom. The van der Waals surface area contributed by atoms with E-state index in [0.29, 0.717) is 55.7 Å². The zero-order valence-electron chi connectivity index (χ0n) is 39.9. The van der Waals surface area contributed by atoms with E-state index >= 15 is 13.2 Å². The van der Waals surface area contributed by atoms with Gasteiger partial charge < -0.3 is 9.13 Å². The summed E-state index contributed by atoms with van der Waals surface area (Å²) in [5, 5.41) is 52.5. The molecule has 76 heavy (non-hydrogen) atoms. The van der Waals surface area contributed by atoms with Crippen molar-refractivity contribution in [2.45, 2.75) is 6.18 Å². The number of hydrogen-bond acceptors (Lipinski definition) is 5. The van der Waals surface area contributed by atoms with E-state index in [4.69, 9.17) is 0 Å². The number of fused-ring (bicyclic) bond motifs is 6. The number of rotatable bonds is 7. The van der Waals surface area contributed by atoms with Crippen LogP contribution in [0.25, 0.3) is 111 Å². The third-order valence-electron chi connectivity index (χ3n) is 14.1. The molecule has 0 saturated heterocycles. The first-order valence-corrected chi connectivity index (χ1v) is 24.0. The van der Waals surface area contributed by atoms with Crippen LogP contribution >= 0.6 is 0 Å². The Labute approximate surface area is 433 Å². The number of aromatic nitrogens is 2. The summed E-state index contributed by atoms with van der Waals surface area (Å²) in [6.07, 6.45) is -4.79. The predicted molar refractivity (Wildman–Crippen MR) is 291 cm³/mol. The van der Waals surface area contributed by atoms with Crippen LogP contribution in [0.1, 0.15) is 33.4 Å². The van der Waals surface area contributed by atoms with Crippen LogP contribution in [0.4, 0.5) is 13.2 Å². The van der Waals surface area contributed by atoms with Crippen molar-refractivity contribution in [3.05, 3.63) is 240 Å². The zero-order chi connectivity index (χ0) is 52.2. The molecule has 7 nitrogen and oxygen atoms in total. The lowest BCUT2D eigenvalue weighted by Gasteiger charge is -2.23. The van der Waals surface area contributed by atoms with Gasteiger partial charge in [0.25, 0.3) is 0 Å². The molecule has 0 radical (unpaired) electrons. The molecule has 0 fully saturated rings. The minimum absolute atomic E-state index is 0.0960. The molecule has 0 unspecified atom stereocenters. The van der Waals surface area contributed by atoms with Gasteiger partial charge >= 0.3 is 6.18 Å². The fourth-order valence-electron chi connectivity index (χ4n) is 10.5. The van der Waals surface area contributed by atoms with E-state index in [1.807, 2.05) is 130 Å². The van der Waals surface area contributed by atoms with Crippen LogP contribution in [-0.4, -0.2) is 9.13 Å². The number of nitrogens with zero attached hydrogens (tertiary/aromatic N) is 7. The van der Waals surface area contributed by atoms with Crippen LogP contribution in [0.5, 0.6) is 0 Å². The average molecular weight is 982 g/mol. The van der Waals surface area contributed by atoms with Gasteiger partial charge in [-0.15, -0.1) is 0 Å². The van der Waals surface area contributed by atoms with E-state index in [1.165, 1.54) is 12.1 Å². The van der Waals surface area contributed by atoms with Crippen molar-refractivity contribution in [1.82, 2.24) is 9.13 Å². The summed E-state index contributed by atoms with van der Waals surface area (Å²) in [7, 11) is 0. The fourth-order valence-corrected chi connectivity index (χ4v) is 10.5. The van der Waals surface area contributed by atoms with Gasteiger partial charge in [0.2, 0.25) is 0 Å². The SMILES string of the molecule is N#Cc1ccc(-c2ccc3c(c2)c2cc(-c4ccc(C#N)cc4)ccc2n3-c2cc(C#N)cc(-n3c4ccc(-c5ccc(C#N)cc5)cc4c4cc(-c5ccc(C#N)cc5)ccc43)c2-c2ccccc2C(F)(F)F)cc1. The molecule has 10 heteroatoms. The predicted octanol–water partition coefficient (Wildman–Crippen LogP) is 16.6. The highest BCUT2D eigenvalue weighted by atomic mass is 19.4. The van der Waals surface area contributed by atoms with Gasteiger partial charge in [-0.05, 0) is 165 Å². The maximum absolute atomic E-state index is 15.7. The van der Waals surface area contributed by atoms with Crippen LogP contribution in [0.15, 0.2) is 206 Å². The van der Waals surface area contributed by atoms with Crippen LogP contribution < -0.4 is 0 Å². The smallest absolute Gasteiger partial charge is 0.308 e. The average Bonchev–Trinajstić information content (AvgIpc) is 4.16. The minimum atomic E-state index is -4.79. The summed E-state index contributed by atoms with van der Waals surface area (Å²) in [6.45, 7) is 0. The van der Waals surface area contributed by atoms with Gasteiger partial charge in [0.05, 0.1) is 97.2 Å². The van der Waals surface area contributed by atoms with Crippen molar-refractivity contribution in [3.63, 3.8) is 0 Å². The molecule has 2 aromatic heterocycles. The van der Waals surface area contributed by atoms with Crippen LogP contribution in [0.2, 0.25) is 0 Å². The van der Waals surface area contributed by atoms with E-state index in [-0.39, 0.29) is 16.7 Å². The molecule has 0 spiro atoms. The molecule has 0 aliphatic carbocycles. The second kappa shape index (κ2) is 18.3. The van der Waals surface area contributed by atoms with Gasteiger partial charge in [-0.1, -0.05) is 91.0 Å². The summed E-state index contributed by atoms with van der Waals surface area (Å²) in [6, 6.07) is 72.7. The third-order valence-corrected chi connectivity index (χ3v) is 14.1. The van der Waals surface area contributed by atoms with E-state index in [0.717, 1.165) is 72.1 Å². The molecular formula is C66H34F3N7. The van der Waals surface area contributed by atoms with Crippen LogP contribution in [0, 0.1) is 56.7 Å². The van der Waals surface area contributed by atoms with E-state index in [9.17, 15) is 26.3 Å². The second-order valence-corrected chi connectivity index (χ2v) is 18.4. The Morgan fingerprint density at radius 1 is 0.303 bits per heavy atom. The van der Waals surface area contributed by atoms with Gasteiger partial charge in [0.1, 0.15) is 0 Å². The molecule has 12 aromatic rings. The Morgan fingerprint density at radius 2 is 0.579 bits per heavy atom. The molecule has 0 aliphatic heterocycles. The first-order valence-electron chi connectivity index (χ1n) is 24.0. The minimum Gasteiger partial charge on any atom is -0.308 e. The number of nitriles is 5. The van der Waals surface area contributed by atoms with Gasteiger partial charge in [-0.3, -0.25) is 0 Å². The highest BCUT2D eigenvalue weighted by molar-refractivity contribution is 6.14. The molecule has 0 atom stereocenters. The second-order valence-electron chi connectivity index (χ2n) is 18.4. The summed E-state index contributed by atoms with van der Waals surface area (Å²) < 4.78 is 51.0. The van der Waals surface area contributed by atoms with E-state index in [1.54, 1.807) is 66.7 Å². The first-order chi connectivity index (χ1) is 37.0. The van der Waals surface area contributed by atoms with Gasteiger partial charge in [0.15, 0.2) is 0 Å². The summed E-state index contributed by atoms with van der Waals surface area (Å²) in [5.41, 5.74) is 11.7. The van der Waals surface area contributed by atoms with E-state index in [2.05, 4.69) is 30.3 Å². The van der Waals surface area contributed by atoms with Crippen LogP contribution in [0.3, 0.4) is 0 Å². The monoisotopic (exact) mass is 981 g/mol. The quantitative estimate of drug-likeness (QED) is 0.157. The van der Waals surface area contributed by atoms with Crippen LogP contribution in [-0.2, 0) is 6.18 Å². The van der Waals surface area contributed by atoms with Crippen molar-refractivity contribution >= 4 is 43.6 Å². The number of benzene rings is 10. The van der Waals surface area contributed by atoms with E-state index < -0.39 is 11.7 Å². The molecule has 354 valence electrons. The summed E-state index contributed by atoms with van der Waals surface area (Å²) in [4.78, 5) is 0. The molecule has 2 heterocycles. The molecule has 12 rings (SSSR count). The van der Waals surface area contributed by atoms with Crippen molar-refractivity contribution < 1.29 is 13.2 Å². The molecule has 0 bridgehead atoms. The maximum atomic E-state index is 15.7. The Bertz CT molecular complexity index is 4100. The lowest BCUT2D eigenvalue weighted by atomic mass is 9.94. The number of hydrogen-bond donors (Lipinski definition) is 0. The van der Waals surface area contributed by atoms with Crippen molar-refractivity contribution in [2.75, 3.05) is 0 Å². The fraction of sp³-hybridized carbons (Fsp3) is 0.0152. The molecule has 0 N–H and O–H groups in total. The summed E-state index contributed by atoms with van der Waals surface area (Å²) in [5.74, 6) is 0. The topological polar surface area (TPSA) is 129 Å². The zero-order valence-corrected chi connectivity index (χ0v) is 39.9. The van der Waals surface area contributed by atoms with Gasteiger partial charge in [-0.25, -0.2) is 0 Å². The number of halogens is 3. The Hall–Kier alpha value is -11.0. The third kappa shape index (κ3) is 7.83. The molecular weight excluding hydrogens is 948 g/mol. The summed E-state index contributed by atoms with van der Waals surface area (Å²) >= 11 is 0. The highest BCUT2D eigenvalue weighted by Gasteiger charge is 2.36. The Balaban J connectivity index is 1.20. The van der Waals surface area contributed by atoms with Crippen molar-refractivity contribution in [3.8, 4) is 97.4 Å². The van der Waals surface area contributed by atoms with Gasteiger partial charge in [0, 0.05) is 27.1 Å². The standard InChI is InChI=1S/C66H34F3N7/c67-66(68,69)58-4-2-1-3-53(58)65-63(75-59-25-21-49(45-13-5-40(35-70)6-14-45)31-54(59)55-32-50(22-26-60(55)75)46-15-7-41(36-71)8-16-46)29-44(39-74)30-64(65)76-61-27-23-51(47-17-9-42(37-72)10-18-47)33-56(61)57-34-52(24-28-62(57)76)48-19-11-43(38-73)12-20-48/h1-34H. The van der Waals surface area contributed by atoms with Gasteiger partial charge in [-0.2, -0.15) is 39.5 Å². The largest absolute Gasteiger partial charge is 0.417 e. The lowest BCUT2D eigenvalue weighted by molar-refractivity contribution is -0.137. The number of alkyl halides is 3. The molecule has 0 amide bonds. The normalized spacial score (nSPS) is 11.3. The lowest BCUT2D eigenvalue weighted by Crippen LogP contribution is -2.10. The Kier molecular flexibility index (Phi) is 11.1. The van der Waals surface area contributed by atoms with Crippen molar-refractivity contribution in [2.24, 2.45) is 0 Å². The molecule has 10 aromatic carbocycles. The van der Waals surface area contributed by atoms with Crippen molar-refractivity contribution in [1.29, 1.82) is 26.3 Å². The molecule has 0 aliphatic rings. The maximum Gasteiger partial charge on any atom is 0.417 e. The first kappa shape index (κ1) is 46.1. The molecule has 0 saturated carbocycles. The highest BCUT2D eigenvalue weighted by Crippen LogP contribution is 2.48.